The second-order valence-corrected chi connectivity index (χ2v) is 9.35. The van der Waals surface area contributed by atoms with E-state index in [-0.39, 0.29) is 5.91 Å². The van der Waals surface area contributed by atoms with Crippen molar-refractivity contribution in [3.05, 3.63) is 47.5 Å². The number of benzene rings is 1. The molecule has 6 nitrogen and oxygen atoms in total. The normalized spacial score (nSPS) is 28.8. The molecule has 1 aromatic carbocycles. The predicted molar refractivity (Wildman–Crippen MR) is 116 cm³/mol. The topological polar surface area (TPSA) is 50.6 Å². The third-order valence-electron chi connectivity index (χ3n) is 7.50. The van der Waals surface area contributed by atoms with Crippen molar-refractivity contribution in [3.8, 4) is 5.75 Å². The van der Waals surface area contributed by atoms with Gasteiger partial charge in [0.05, 0.1) is 19.1 Å². The van der Waals surface area contributed by atoms with E-state index in [9.17, 15) is 4.79 Å². The Morgan fingerprint density at radius 3 is 2.63 bits per heavy atom. The molecule has 0 aliphatic carbocycles. The van der Waals surface area contributed by atoms with Crippen LogP contribution in [0, 0.1) is 18.8 Å². The monoisotopic (exact) mass is 408 g/mol. The van der Waals surface area contributed by atoms with Gasteiger partial charge in [-0.05, 0) is 62.1 Å². The van der Waals surface area contributed by atoms with Gasteiger partial charge in [0.15, 0.2) is 0 Å². The van der Waals surface area contributed by atoms with Gasteiger partial charge in [-0.25, -0.2) is 4.98 Å². The van der Waals surface area contributed by atoms with Crippen LogP contribution >= 0.6 is 0 Å². The fraction of sp³-hybridized carbons (Fsp3) is 0.583. The number of likely N-dealkylation sites (tertiary alicyclic amines) is 1. The Labute approximate surface area is 178 Å². The van der Waals surface area contributed by atoms with E-state index in [1.807, 2.05) is 18.5 Å². The number of hydrogen-bond acceptors (Lipinski definition) is 4. The van der Waals surface area contributed by atoms with Crippen molar-refractivity contribution in [1.82, 2.24) is 19.4 Å². The first kappa shape index (κ1) is 19.6. The Hall–Kier alpha value is -2.34. The van der Waals surface area contributed by atoms with E-state index in [0.717, 1.165) is 36.8 Å². The maximum atomic E-state index is 13.3. The molecule has 0 N–H and O–H groups in total. The standard InChI is InChI=1S/C24H32N4O2/c1-16-23(26(2)15-25-16)24(29)27-12-17-11-19(14-27)22-6-4-5-21(28(22)13-17)18-7-9-20(30-3)10-8-18/h7-10,15,17,19,21-22H,4-6,11-14H2,1-3H3/t17-,19+,21+,22-/m0/s1. The first-order valence-corrected chi connectivity index (χ1v) is 11.2. The number of ether oxygens (including phenoxy) is 1. The molecule has 2 bridgehead atoms. The lowest BCUT2D eigenvalue weighted by Gasteiger charge is -2.55. The molecule has 1 amide bonds. The second-order valence-electron chi connectivity index (χ2n) is 9.35. The van der Waals surface area contributed by atoms with E-state index in [1.165, 1.54) is 31.2 Å². The maximum Gasteiger partial charge on any atom is 0.272 e. The van der Waals surface area contributed by atoms with E-state index in [0.29, 0.717) is 23.9 Å². The Bertz CT molecular complexity index is 902. The second kappa shape index (κ2) is 7.73. The molecule has 3 saturated heterocycles. The van der Waals surface area contributed by atoms with Crippen LogP contribution in [0.2, 0.25) is 0 Å². The Balaban J connectivity index is 1.36. The van der Waals surface area contributed by atoms with Crippen molar-refractivity contribution in [2.24, 2.45) is 18.9 Å². The van der Waals surface area contributed by atoms with Gasteiger partial charge in [-0.2, -0.15) is 0 Å². The number of methoxy groups -OCH3 is 1. The Kier molecular flexibility index (Phi) is 5.05. The Morgan fingerprint density at radius 1 is 1.13 bits per heavy atom. The van der Waals surface area contributed by atoms with Gasteiger partial charge in [-0.1, -0.05) is 12.1 Å². The van der Waals surface area contributed by atoms with Crippen molar-refractivity contribution in [2.75, 3.05) is 26.7 Å². The minimum atomic E-state index is 0.151. The highest BCUT2D eigenvalue weighted by atomic mass is 16.5. The van der Waals surface area contributed by atoms with Crippen molar-refractivity contribution in [3.63, 3.8) is 0 Å². The molecule has 5 rings (SSSR count). The van der Waals surface area contributed by atoms with Crippen LogP contribution in [0.4, 0.5) is 0 Å². The predicted octanol–water partition coefficient (Wildman–Crippen LogP) is 3.42. The number of aryl methyl sites for hydroxylation is 2. The number of carbonyl (C=O) groups is 1. The number of fused-ring (bicyclic) bond motifs is 4. The quantitative estimate of drug-likeness (QED) is 0.781. The molecular weight excluding hydrogens is 376 g/mol. The summed E-state index contributed by atoms with van der Waals surface area (Å²) in [7, 11) is 3.64. The van der Waals surface area contributed by atoms with Gasteiger partial charge in [-0.3, -0.25) is 9.69 Å². The zero-order valence-electron chi connectivity index (χ0n) is 18.3. The van der Waals surface area contributed by atoms with Gasteiger partial charge < -0.3 is 14.2 Å². The molecule has 3 fully saturated rings. The minimum Gasteiger partial charge on any atom is -0.497 e. The number of nitrogens with zero attached hydrogens (tertiary/aromatic N) is 4. The molecule has 0 spiro atoms. The molecule has 6 heteroatoms. The van der Waals surface area contributed by atoms with Gasteiger partial charge in [0.25, 0.3) is 5.91 Å². The lowest BCUT2D eigenvalue weighted by molar-refractivity contribution is -0.0513. The van der Waals surface area contributed by atoms with Gasteiger partial charge in [-0.15, -0.1) is 0 Å². The lowest BCUT2D eigenvalue weighted by Crippen LogP contribution is -2.60. The van der Waals surface area contributed by atoms with E-state index >= 15 is 0 Å². The molecule has 3 aliphatic rings. The fourth-order valence-electron chi connectivity index (χ4n) is 6.16. The van der Waals surface area contributed by atoms with Crippen molar-refractivity contribution in [1.29, 1.82) is 0 Å². The van der Waals surface area contributed by atoms with Crippen LogP contribution in [-0.4, -0.2) is 58.0 Å². The summed E-state index contributed by atoms with van der Waals surface area (Å²) in [6, 6.07) is 9.70. The van der Waals surface area contributed by atoms with Crippen LogP contribution in [0.1, 0.15) is 53.5 Å². The highest BCUT2D eigenvalue weighted by Gasteiger charge is 2.46. The summed E-state index contributed by atoms with van der Waals surface area (Å²) in [5, 5.41) is 0. The smallest absolute Gasteiger partial charge is 0.272 e. The van der Waals surface area contributed by atoms with E-state index in [2.05, 4.69) is 39.0 Å². The summed E-state index contributed by atoms with van der Waals surface area (Å²) in [5.41, 5.74) is 2.97. The summed E-state index contributed by atoms with van der Waals surface area (Å²) in [6.45, 7) is 4.75. The van der Waals surface area contributed by atoms with Gasteiger partial charge in [0.1, 0.15) is 11.4 Å². The van der Waals surface area contributed by atoms with Crippen LogP contribution in [0.25, 0.3) is 0 Å². The lowest BCUT2D eigenvalue weighted by atomic mass is 9.74. The van der Waals surface area contributed by atoms with Crippen molar-refractivity contribution in [2.45, 2.75) is 44.7 Å². The molecule has 160 valence electrons. The molecular formula is C24H32N4O2. The fourth-order valence-corrected chi connectivity index (χ4v) is 6.16. The number of amides is 1. The average Bonchev–Trinajstić information content (AvgIpc) is 3.10. The Morgan fingerprint density at radius 2 is 1.93 bits per heavy atom. The zero-order chi connectivity index (χ0) is 20.8. The van der Waals surface area contributed by atoms with E-state index in [1.54, 1.807) is 13.4 Å². The molecule has 0 radical (unpaired) electrons. The zero-order valence-corrected chi connectivity index (χ0v) is 18.3. The van der Waals surface area contributed by atoms with Gasteiger partial charge in [0, 0.05) is 38.8 Å². The number of carbonyl (C=O) groups excluding carboxylic acids is 1. The summed E-state index contributed by atoms with van der Waals surface area (Å²) >= 11 is 0. The van der Waals surface area contributed by atoms with E-state index in [4.69, 9.17) is 4.74 Å². The largest absolute Gasteiger partial charge is 0.497 e. The van der Waals surface area contributed by atoms with Crippen LogP contribution in [-0.2, 0) is 7.05 Å². The molecule has 0 saturated carbocycles. The maximum absolute atomic E-state index is 13.3. The summed E-state index contributed by atoms with van der Waals surface area (Å²) in [6.07, 6.45) is 6.73. The highest BCUT2D eigenvalue weighted by molar-refractivity contribution is 5.93. The van der Waals surface area contributed by atoms with Crippen molar-refractivity contribution < 1.29 is 9.53 Å². The minimum absolute atomic E-state index is 0.151. The van der Waals surface area contributed by atoms with Crippen molar-refractivity contribution >= 4 is 5.91 Å². The molecule has 4 atom stereocenters. The molecule has 4 heterocycles. The van der Waals surface area contributed by atoms with Gasteiger partial charge >= 0.3 is 0 Å². The van der Waals surface area contributed by atoms with Crippen LogP contribution in [0.3, 0.4) is 0 Å². The van der Waals surface area contributed by atoms with Crippen LogP contribution in [0.15, 0.2) is 30.6 Å². The molecule has 30 heavy (non-hydrogen) atoms. The third kappa shape index (κ3) is 3.31. The molecule has 2 aromatic rings. The number of hydrogen-bond donors (Lipinski definition) is 0. The number of imidazole rings is 1. The van der Waals surface area contributed by atoms with Crippen LogP contribution < -0.4 is 4.74 Å². The first-order valence-electron chi connectivity index (χ1n) is 11.2. The van der Waals surface area contributed by atoms with E-state index < -0.39 is 0 Å². The number of piperidine rings is 3. The molecule has 1 aromatic heterocycles. The molecule has 3 aliphatic heterocycles. The highest BCUT2D eigenvalue weighted by Crippen LogP contribution is 2.44. The summed E-state index contributed by atoms with van der Waals surface area (Å²) < 4.78 is 7.22. The first-order chi connectivity index (χ1) is 14.5. The summed E-state index contributed by atoms with van der Waals surface area (Å²) in [5.74, 6) is 2.19. The number of rotatable bonds is 3. The average molecular weight is 409 g/mol. The SMILES string of the molecule is COc1ccc([C@H]2CCC[C@H]3[C@@H]4C[C@@H](CN(C(=O)c5c(C)ncn5C)C4)CN23)cc1. The van der Waals surface area contributed by atoms with Gasteiger partial charge in [0.2, 0.25) is 0 Å². The third-order valence-corrected chi connectivity index (χ3v) is 7.50. The van der Waals surface area contributed by atoms with Crippen LogP contribution in [0.5, 0.6) is 5.75 Å². The summed E-state index contributed by atoms with van der Waals surface area (Å²) in [4.78, 5) is 22.5. The molecule has 0 unspecified atom stereocenters. The number of aromatic nitrogens is 2.